The number of hydrogen-bond acceptors (Lipinski definition) is 3. The zero-order chi connectivity index (χ0) is 14.1. The third-order valence-corrected chi connectivity index (χ3v) is 3.22. The minimum atomic E-state index is -0.427. The molecule has 6 heteroatoms. The summed E-state index contributed by atoms with van der Waals surface area (Å²) < 4.78 is 1.76. The summed E-state index contributed by atoms with van der Waals surface area (Å²) in [7, 11) is 0. The van der Waals surface area contributed by atoms with Gasteiger partial charge in [-0.3, -0.25) is 9.78 Å². The van der Waals surface area contributed by atoms with Gasteiger partial charge < -0.3 is 10.3 Å². The van der Waals surface area contributed by atoms with Gasteiger partial charge in [0, 0.05) is 16.8 Å². The number of pyridine rings is 1. The van der Waals surface area contributed by atoms with Crippen molar-refractivity contribution in [3.8, 4) is 11.4 Å². The number of amides is 1. The molecule has 0 spiro atoms. The second-order valence-corrected chi connectivity index (χ2v) is 4.80. The average Bonchev–Trinajstić information content (AvgIpc) is 2.78. The molecule has 2 heterocycles. The van der Waals surface area contributed by atoms with E-state index in [9.17, 15) is 4.79 Å². The lowest BCUT2D eigenvalue weighted by molar-refractivity contribution is -0.118. The summed E-state index contributed by atoms with van der Waals surface area (Å²) in [5.41, 5.74) is 7.73. The molecule has 1 aromatic carbocycles. The van der Waals surface area contributed by atoms with Crippen LogP contribution >= 0.6 is 11.6 Å². The summed E-state index contributed by atoms with van der Waals surface area (Å²) in [5, 5.41) is 0.646. The summed E-state index contributed by atoms with van der Waals surface area (Å²) in [6.07, 6.45) is 3.33. The van der Waals surface area contributed by atoms with Crippen LogP contribution in [0, 0.1) is 0 Å². The Kier molecular flexibility index (Phi) is 3.12. The van der Waals surface area contributed by atoms with Crippen molar-refractivity contribution in [2.75, 3.05) is 0 Å². The van der Waals surface area contributed by atoms with E-state index in [2.05, 4.69) is 9.97 Å². The molecule has 0 radical (unpaired) electrons. The molecule has 0 aliphatic heterocycles. The van der Waals surface area contributed by atoms with Crippen LogP contribution in [0.2, 0.25) is 5.02 Å². The van der Waals surface area contributed by atoms with Gasteiger partial charge in [0.25, 0.3) is 0 Å². The molecular weight excluding hydrogens is 276 g/mol. The second kappa shape index (κ2) is 4.94. The highest BCUT2D eigenvalue weighted by molar-refractivity contribution is 6.30. The Morgan fingerprint density at radius 3 is 2.70 bits per heavy atom. The molecular formula is C14H11ClN4O. The van der Waals surface area contributed by atoms with Crippen LogP contribution in [0.1, 0.15) is 0 Å². The number of carbonyl (C=O) groups is 1. The van der Waals surface area contributed by atoms with Crippen LogP contribution in [-0.4, -0.2) is 20.4 Å². The van der Waals surface area contributed by atoms with Gasteiger partial charge in [0.15, 0.2) is 0 Å². The van der Waals surface area contributed by atoms with Gasteiger partial charge >= 0.3 is 0 Å². The van der Waals surface area contributed by atoms with Crippen LogP contribution < -0.4 is 5.73 Å². The van der Waals surface area contributed by atoms with Crippen molar-refractivity contribution in [3.63, 3.8) is 0 Å². The molecule has 0 fully saturated rings. The molecule has 3 rings (SSSR count). The van der Waals surface area contributed by atoms with Gasteiger partial charge in [-0.05, 0) is 30.3 Å². The molecule has 2 N–H and O–H groups in total. The van der Waals surface area contributed by atoms with Crippen molar-refractivity contribution in [2.45, 2.75) is 6.54 Å². The molecule has 0 saturated carbocycles. The number of rotatable bonds is 3. The number of carbonyl (C=O) groups excluding carboxylic acids is 1. The predicted molar refractivity (Wildman–Crippen MR) is 77.2 cm³/mol. The first-order valence-electron chi connectivity index (χ1n) is 5.99. The molecule has 0 unspecified atom stereocenters. The minimum absolute atomic E-state index is 0.0557. The Hall–Kier alpha value is -2.40. The number of nitrogens with zero attached hydrogens (tertiary/aromatic N) is 3. The van der Waals surface area contributed by atoms with E-state index in [1.165, 1.54) is 0 Å². The van der Waals surface area contributed by atoms with Crippen molar-refractivity contribution in [3.05, 3.63) is 47.7 Å². The maximum atomic E-state index is 11.3. The van der Waals surface area contributed by atoms with Gasteiger partial charge in [-0.1, -0.05) is 11.6 Å². The van der Waals surface area contributed by atoms with Gasteiger partial charge in [0.2, 0.25) is 5.91 Å². The van der Waals surface area contributed by atoms with Crippen LogP contribution in [0.4, 0.5) is 0 Å². The van der Waals surface area contributed by atoms with Crippen LogP contribution in [0.25, 0.3) is 22.4 Å². The largest absolute Gasteiger partial charge is 0.368 e. The number of primary amides is 1. The highest BCUT2D eigenvalue weighted by Gasteiger charge is 2.14. The van der Waals surface area contributed by atoms with Crippen LogP contribution in [0.15, 0.2) is 42.7 Å². The smallest absolute Gasteiger partial charge is 0.237 e. The van der Waals surface area contributed by atoms with Crippen molar-refractivity contribution in [1.29, 1.82) is 0 Å². The Balaban J connectivity index is 2.23. The van der Waals surface area contributed by atoms with Crippen LogP contribution in [0.5, 0.6) is 0 Å². The fourth-order valence-electron chi connectivity index (χ4n) is 2.11. The third-order valence-electron chi connectivity index (χ3n) is 2.97. The molecule has 0 bridgehead atoms. The van der Waals surface area contributed by atoms with E-state index in [0.29, 0.717) is 10.8 Å². The van der Waals surface area contributed by atoms with Crippen LogP contribution in [0.3, 0.4) is 0 Å². The molecule has 100 valence electrons. The summed E-state index contributed by atoms with van der Waals surface area (Å²) in [4.78, 5) is 19.9. The summed E-state index contributed by atoms with van der Waals surface area (Å²) in [6, 6.07) is 9.07. The van der Waals surface area contributed by atoms with E-state index in [-0.39, 0.29) is 6.54 Å². The van der Waals surface area contributed by atoms with Crippen LogP contribution in [-0.2, 0) is 11.3 Å². The first kappa shape index (κ1) is 12.6. The predicted octanol–water partition coefficient (Wildman–Crippen LogP) is 2.24. The zero-order valence-electron chi connectivity index (χ0n) is 10.5. The highest BCUT2D eigenvalue weighted by Crippen LogP contribution is 2.25. The molecule has 2 aromatic heterocycles. The van der Waals surface area contributed by atoms with Gasteiger partial charge in [0.1, 0.15) is 12.4 Å². The minimum Gasteiger partial charge on any atom is -0.368 e. The summed E-state index contributed by atoms with van der Waals surface area (Å²) in [6.45, 7) is 0.0557. The lowest BCUT2D eigenvalue weighted by Crippen LogP contribution is -2.19. The van der Waals surface area contributed by atoms with Crippen molar-refractivity contribution in [1.82, 2.24) is 14.5 Å². The van der Waals surface area contributed by atoms with Gasteiger partial charge in [-0.25, -0.2) is 4.98 Å². The number of fused-ring (bicyclic) bond motifs is 1. The Labute approximate surface area is 120 Å². The number of imidazole rings is 1. The Morgan fingerprint density at radius 1 is 1.25 bits per heavy atom. The first-order chi connectivity index (χ1) is 9.65. The summed E-state index contributed by atoms with van der Waals surface area (Å²) in [5.74, 6) is 0.242. The van der Waals surface area contributed by atoms with Gasteiger partial charge in [0.05, 0.1) is 17.2 Å². The van der Waals surface area contributed by atoms with E-state index in [0.717, 1.165) is 16.6 Å². The van der Waals surface area contributed by atoms with E-state index in [4.69, 9.17) is 17.3 Å². The standard InChI is InChI=1S/C14H11ClN4O/c15-10-3-1-9(2-4-10)14-18-11-5-6-17-7-12(11)19(14)8-13(16)20/h1-7H,8H2,(H2,16,20). The lowest BCUT2D eigenvalue weighted by atomic mass is 10.2. The second-order valence-electron chi connectivity index (χ2n) is 4.36. The Bertz CT molecular complexity index is 779. The third kappa shape index (κ3) is 2.23. The topological polar surface area (TPSA) is 73.8 Å². The monoisotopic (exact) mass is 286 g/mol. The SMILES string of the molecule is NC(=O)Cn1c(-c2ccc(Cl)cc2)nc2ccncc21. The molecule has 20 heavy (non-hydrogen) atoms. The van der Waals surface area contributed by atoms with Crippen molar-refractivity contribution in [2.24, 2.45) is 5.73 Å². The average molecular weight is 287 g/mol. The maximum Gasteiger partial charge on any atom is 0.237 e. The van der Waals surface area contributed by atoms with Gasteiger partial charge in [-0.15, -0.1) is 0 Å². The quantitative estimate of drug-likeness (QED) is 0.802. The molecule has 1 amide bonds. The first-order valence-corrected chi connectivity index (χ1v) is 6.37. The molecule has 0 atom stereocenters. The Morgan fingerprint density at radius 2 is 2.00 bits per heavy atom. The number of hydrogen-bond donors (Lipinski definition) is 1. The number of aromatic nitrogens is 3. The summed E-state index contributed by atoms with van der Waals surface area (Å²) >= 11 is 5.89. The molecule has 0 aliphatic rings. The molecule has 3 aromatic rings. The molecule has 0 aliphatic carbocycles. The highest BCUT2D eigenvalue weighted by atomic mass is 35.5. The fourth-order valence-corrected chi connectivity index (χ4v) is 2.23. The van der Waals surface area contributed by atoms with E-state index < -0.39 is 5.91 Å². The molecule has 0 saturated heterocycles. The maximum absolute atomic E-state index is 11.3. The van der Waals surface area contributed by atoms with E-state index in [1.54, 1.807) is 35.2 Å². The molecule has 5 nitrogen and oxygen atoms in total. The number of nitrogens with two attached hydrogens (primary N) is 1. The van der Waals surface area contributed by atoms with Crippen molar-refractivity contribution < 1.29 is 4.79 Å². The zero-order valence-corrected chi connectivity index (χ0v) is 11.2. The normalized spacial score (nSPS) is 10.8. The number of halogens is 1. The lowest BCUT2D eigenvalue weighted by Gasteiger charge is -2.06. The fraction of sp³-hybridized carbons (Fsp3) is 0.0714. The van der Waals surface area contributed by atoms with Gasteiger partial charge in [-0.2, -0.15) is 0 Å². The van der Waals surface area contributed by atoms with E-state index in [1.807, 2.05) is 12.1 Å². The number of benzene rings is 1. The van der Waals surface area contributed by atoms with Crippen molar-refractivity contribution >= 4 is 28.5 Å². The van der Waals surface area contributed by atoms with E-state index >= 15 is 0 Å².